The van der Waals surface area contributed by atoms with Crippen molar-refractivity contribution < 1.29 is 0 Å². The summed E-state index contributed by atoms with van der Waals surface area (Å²) in [4.78, 5) is 14.6. The van der Waals surface area contributed by atoms with Crippen molar-refractivity contribution in [3.05, 3.63) is 0 Å². The van der Waals surface area contributed by atoms with Gasteiger partial charge in [-0.2, -0.15) is 0 Å². The Bertz CT molecular complexity index is 318. The quantitative estimate of drug-likeness (QED) is 0.446. The molecule has 0 aromatic carbocycles. The van der Waals surface area contributed by atoms with Crippen LogP contribution >= 0.6 is 27.5 Å². The zero-order valence-electron chi connectivity index (χ0n) is 5.20. The zero-order chi connectivity index (χ0) is 7.90. The predicted octanol–water partition coefficient (Wildman–Crippen LogP) is 1.20. The summed E-state index contributed by atoms with van der Waals surface area (Å²) in [6.07, 6.45) is 2.87. The molecule has 1 unspecified atom stereocenters. The fraction of sp³-hybridized carbons (Fsp3) is 0.200. The number of rotatable bonds is 0. The molecule has 4 nitrogen and oxygen atoms in total. The van der Waals surface area contributed by atoms with Crippen molar-refractivity contribution >= 4 is 50.7 Å². The van der Waals surface area contributed by atoms with Gasteiger partial charge in [0.05, 0.1) is 6.21 Å². The molecule has 0 spiro atoms. The number of hydrogen-bond donors (Lipinski definition) is 0. The molecule has 0 bridgehead atoms. The molecule has 0 amide bonds. The van der Waals surface area contributed by atoms with Gasteiger partial charge in [0.25, 0.3) is 0 Å². The van der Waals surface area contributed by atoms with Gasteiger partial charge in [-0.15, -0.1) is 0 Å². The molecule has 0 aromatic rings. The molecule has 0 aliphatic carbocycles. The van der Waals surface area contributed by atoms with Crippen LogP contribution in [0.2, 0.25) is 0 Å². The van der Waals surface area contributed by atoms with Crippen LogP contribution in [0.3, 0.4) is 0 Å². The van der Waals surface area contributed by atoms with Crippen LogP contribution < -0.4 is 0 Å². The molecule has 2 rings (SSSR count). The maximum atomic E-state index is 5.93. The van der Waals surface area contributed by atoms with E-state index < -0.39 is 5.00 Å². The highest BCUT2D eigenvalue weighted by molar-refractivity contribution is 9.18. The van der Waals surface area contributed by atoms with Crippen molar-refractivity contribution in [3.8, 4) is 0 Å². The van der Waals surface area contributed by atoms with E-state index in [-0.39, 0.29) is 0 Å². The Labute approximate surface area is 75.9 Å². The SMILES string of the molecule is ClC12C=NC(Br)=NC1=NC=N2. The van der Waals surface area contributed by atoms with Crippen LogP contribution in [0.15, 0.2) is 20.0 Å². The minimum Gasteiger partial charge on any atom is -0.237 e. The standard InChI is InChI=1S/C5H2BrClN4/c6-4-8-1-5(7)3(11-4)9-2-10-5/h1-2H. The lowest BCUT2D eigenvalue weighted by Gasteiger charge is -2.14. The van der Waals surface area contributed by atoms with Gasteiger partial charge in [0.1, 0.15) is 6.34 Å². The van der Waals surface area contributed by atoms with Gasteiger partial charge in [-0.05, 0) is 15.9 Å². The molecule has 0 saturated heterocycles. The molecule has 0 fully saturated rings. The lowest BCUT2D eigenvalue weighted by molar-refractivity contribution is 1.07. The first-order valence-corrected chi connectivity index (χ1v) is 3.98. The summed E-state index contributed by atoms with van der Waals surface area (Å²) in [5, 5.41) is 0. The van der Waals surface area contributed by atoms with Crippen molar-refractivity contribution in [2.75, 3.05) is 0 Å². The van der Waals surface area contributed by atoms with Crippen molar-refractivity contribution in [2.24, 2.45) is 20.0 Å². The Balaban J connectivity index is 2.49. The molecule has 56 valence electrons. The fourth-order valence-corrected chi connectivity index (χ4v) is 1.22. The summed E-state index contributed by atoms with van der Waals surface area (Å²) >= 11 is 9.04. The summed E-state index contributed by atoms with van der Waals surface area (Å²) in [5.74, 6) is 0.459. The molecular weight excluding hydrogens is 231 g/mol. The molecule has 1 atom stereocenters. The molecule has 0 aromatic heterocycles. The van der Waals surface area contributed by atoms with Gasteiger partial charge >= 0.3 is 0 Å². The van der Waals surface area contributed by atoms with Crippen molar-refractivity contribution in [1.82, 2.24) is 0 Å². The first-order chi connectivity index (χ1) is 5.21. The number of alkyl halides is 1. The summed E-state index contributed by atoms with van der Waals surface area (Å²) in [6.45, 7) is 0. The first kappa shape index (κ1) is 7.12. The molecule has 2 aliphatic rings. The minimum atomic E-state index is -0.947. The van der Waals surface area contributed by atoms with Crippen LogP contribution in [0.4, 0.5) is 0 Å². The second-order valence-electron chi connectivity index (χ2n) is 2.01. The number of aliphatic imine (C=N–C) groups is 4. The monoisotopic (exact) mass is 232 g/mol. The van der Waals surface area contributed by atoms with Gasteiger partial charge in [-0.25, -0.2) is 20.0 Å². The van der Waals surface area contributed by atoms with E-state index in [1.165, 1.54) is 12.6 Å². The molecule has 2 aliphatic heterocycles. The Morgan fingerprint density at radius 1 is 1.55 bits per heavy atom. The molecule has 11 heavy (non-hydrogen) atoms. The second-order valence-corrected chi connectivity index (χ2v) is 3.30. The van der Waals surface area contributed by atoms with Crippen LogP contribution in [-0.4, -0.2) is 28.1 Å². The second kappa shape index (κ2) is 2.22. The molecule has 6 heteroatoms. The molecule has 0 saturated carbocycles. The van der Waals surface area contributed by atoms with E-state index in [4.69, 9.17) is 11.6 Å². The fourth-order valence-electron chi connectivity index (χ4n) is 0.769. The Morgan fingerprint density at radius 2 is 2.36 bits per heavy atom. The van der Waals surface area contributed by atoms with Crippen molar-refractivity contribution in [3.63, 3.8) is 0 Å². The molecular formula is C5H2BrClN4. The average molecular weight is 233 g/mol. The first-order valence-electron chi connectivity index (χ1n) is 2.81. The topological polar surface area (TPSA) is 49.4 Å². The third-order valence-electron chi connectivity index (χ3n) is 1.28. The van der Waals surface area contributed by atoms with Crippen molar-refractivity contribution in [1.29, 1.82) is 0 Å². The van der Waals surface area contributed by atoms with Crippen LogP contribution in [0.25, 0.3) is 0 Å². The predicted molar refractivity (Wildman–Crippen MR) is 49.4 cm³/mol. The third-order valence-corrected chi connectivity index (χ3v) is 2.03. The largest absolute Gasteiger partial charge is 0.237 e. The van der Waals surface area contributed by atoms with E-state index >= 15 is 0 Å². The Kier molecular flexibility index (Phi) is 1.43. The van der Waals surface area contributed by atoms with E-state index in [9.17, 15) is 0 Å². The Morgan fingerprint density at radius 3 is 3.18 bits per heavy atom. The van der Waals surface area contributed by atoms with Gasteiger partial charge in [0, 0.05) is 0 Å². The minimum absolute atomic E-state index is 0.459. The van der Waals surface area contributed by atoms with E-state index in [0.29, 0.717) is 10.6 Å². The normalized spacial score (nSPS) is 33.3. The summed E-state index contributed by atoms with van der Waals surface area (Å²) in [7, 11) is 0. The van der Waals surface area contributed by atoms with E-state index in [1.807, 2.05) is 0 Å². The molecule has 0 radical (unpaired) electrons. The molecule has 2 heterocycles. The van der Waals surface area contributed by atoms with E-state index in [1.54, 1.807) is 0 Å². The summed E-state index contributed by atoms with van der Waals surface area (Å²) < 4.78 is 0.470. The highest BCUT2D eigenvalue weighted by Crippen LogP contribution is 2.24. The number of hydrogen-bond acceptors (Lipinski definition) is 4. The van der Waals surface area contributed by atoms with Crippen LogP contribution in [0.5, 0.6) is 0 Å². The number of nitrogens with zero attached hydrogens (tertiary/aromatic N) is 4. The number of amidine groups is 2. The lowest BCUT2D eigenvalue weighted by atomic mass is 10.3. The van der Waals surface area contributed by atoms with Gasteiger partial charge in [-0.3, -0.25) is 0 Å². The molecule has 0 N–H and O–H groups in total. The summed E-state index contributed by atoms with van der Waals surface area (Å²) in [5.41, 5.74) is 0. The van der Waals surface area contributed by atoms with Crippen molar-refractivity contribution in [2.45, 2.75) is 5.00 Å². The van der Waals surface area contributed by atoms with Crippen LogP contribution in [0.1, 0.15) is 0 Å². The highest BCUT2D eigenvalue weighted by atomic mass is 79.9. The maximum absolute atomic E-state index is 5.93. The average Bonchev–Trinajstić information content (AvgIpc) is 2.31. The number of fused-ring (bicyclic) bond motifs is 1. The smallest absolute Gasteiger partial charge is 0.229 e. The summed E-state index contributed by atoms with van der Waals surface area (Å²) in [6, 6.07) is 0. The third kappa shape index (κ3) is 1.04. The van der Waals surface area contributed by atoms with Crippen LogP contribution in [0, 0.1) is 0 Å². The highest BCUT2D eigenvalue weighted by Gasteiger charge is 2.36. The van der Waals surface area contributed by atoms with Gasteiger partial charge in [0.2, 0.25) is 5.00 Å². The van der Waals surface area contributed by atoms with Gasteiger partial charge < -0.3 is 0 Å². The van der Waals surface area contributed by atoms with Gasteiger partial charge in [-0.1, -0.05) is 11.6 Å². The Hall–Kier alpha value is -0.550. The number of halogens is 2. The van der Waals surface area contributed by atoms with Gasteiger partial charge in [0.15, 0.2) is 10.6 Å². The maximum Gasteiger partial charge on any atom is 0.229 e. The lowest BCUT2D eigenvalue weighted by Crippen LogP contribution is -2.31. The zero-order valence-corrected chi connectivity index (χ0v) is 7.54. The van der Waals surface area contributed by atoms with E-state index in [2.05, 4.69) is 35.9 Å². The van der Waals surface area contributed by atoms with Crippen LogP contribution in [-0.2, 0) is 0 Å². The van der Waals surface area contributed by atoms with E-state index in [0.717, 1.165) is 0 Å².